The van der Waals surface area contributed by atoms with Crippen molar-refractivity contribution in [2.24, 2.45) is 0 Å². The number of thiocarbonyl (C=S) groups is 1. The van der Waals surface area contributed by atoms with E-state index in [1.54, 1.807) is 14.2 Å². The Bertz CT molecular complexity index is 914. The third kappa shape index (κ3) is 6.90. The molecule has 3 rings (SSSR count). The van der Waals surface area contributed by atoms with Crippen molar-refractivity contribution in [2.45, 2.75) is 13.0 Å². The Labute approximate surface area is 188 Å². The second kappa shape index (κ2) is 12.0. The number of hydrogen-bond donors (Lipinski definition) is 2. The van der Waals surface area contributed by atoms with E-state index in [9.17, 15) is 4.79 Å². The van der Waals surface area contributed by atoms with Crippen LogP contribution in [0.4, 0.5) is 0 Å². The number of morpholine rings is 1. The number of methoxy groups -OCH3 is 2. The molecular formula is C22H32N4O4S. The molecule has 0 spiro atoms. The molecule has 0 unspecified atom stereocenters. The zero-order valence-electron chi connectivity index (χ0n) is 18.3. The van der Waals surface area contributed by atoms with Crippen molar-refractivity contribution in [3.63, 3.8) is 0 Å². The van der Waals surface area contributed by atoms with Crippen LogP contribution >= 0.6 is 12.2 Å². The predicted molar refractivity (Wildman–Crippen MR) is 126 cm³/mol. The van der Waals surface area contributed by atoms with Crippen LogP contribution in [0, 0.1) is 0 Å². The molecule has 1 aromatic carbocycles. The van der Waals surface area contributed by atoms with Gasteiger partial charge in [-0.1, -0.05) is 0 Å². The summed E-state index contributed by atoms with van der Waals surface area (Å²) in [4.78, 5) is 20.1. The Morgan fingerprint density at radius 3 is 2.84 bits per heavy atom. The third-order valence-electron chi connectivity index (χ3n) is 5.37. The molecule has 31 heavy (non-hydrogen) atoms. The monoisotopic (exact) mass is 448 g/mol. The zero-order valence-corrected chi connectivity index (χ0v) is 19.1. The molecular weight excluding hydrogens is 416 g/mol. The van der Waals surface area contributed by atoms with Gasteiger partial charge in [0.05, 0.1) is 26.9 Å². The SMILES string of the molecule is COCCCNC(=S)N(CCN1CCOCC1)Cc1cc2cc(OC)ccc2[nH]c1=O. The van der Waals surface area contributed by atoms with Gasteiger partial charge in [-0.25, -0.2) is 0 Å². The number of nitrogens with zero attached hydrogens (tertiary/aromatic N) is 2. The molecule has 0 saturated carbocycles. The van der Waals surface area contributed by atoms with Gasteiger partial charge in [0.25, 0.3) is 5.56 Å². The van der Waals surface area contributed by atoms with E-state index in [1.807, 2.05) is 24.3 Å². The number of aromatic nitrogens is 1. The minimum absolute atomic E-state index is 0.101. The lowest BCUT2D eigenvalue weighted by atomic mass is 10.1. The molecule has 1 aliphatic rings. The molecule has 0 radical (unpaired) electrons. The molecule has 1 fully saturated rings. The molecule has 170 valence electrons. The topological polar surface area (TPSA) is 79.1 Å². The van der Waals surface area contributed by atoms with E-state index >= 15 is 0 Å². The Hall–Kier alpha value is -2.20. The lowest BCUT2D eigenvalue weighted by molar-refractivity contribution is 0.0357. The first-order valence-electron chi connectivity index (χ1n) is 10.6. The number of aromatic amines is 1. The average molecular weight is 449 g/mol. The van der Waals surface area contributed by atoms with Gasteiger partial charge in [0.1, 0.15) is 5.75 Å². The Balaban J connectivity index is 1.74. The average Bonchev–Trinajstić information content (AvgIpc) is 2.80. The highest BCUT2D eigenvalue weighted by Gasteiger charge is 2.16. The highest BCUT2D eigenvalue weighted by molar-refractivity contribution is 7.80. The summed E-state index contributed by atoms with van der Waals surface area (Å²) in [5, 5.41) is 4.88. The van der Waals surface area contributed by atoms with Crippen LogP contribution in [-0.4, -0.2) is 86.7 Å². The highest BCUT2D eigenvalue weighted by Crippen LogP contribution is 2.19. The maximum absolute atomic E-state index is 12.7. The van der Waals surface area contributed by atoms with Crippen molar-refractivity contribution in [1.82, 2.24) is 20.1 Å². The number of rotatable bonds is 10. The minimum Gasteiger partial charge on any atom is -0.497 e. The molecule has 1 aliphatic heterocycles. The lowest BCUT2D eigenvalue weighted by Crippen LogP contribution is -2.46. The third-order valence-corrected chi connectivity index (χ3v) is 5.77. The van der Waals surface area contributed by atoms with E-state index < -0.39 is 0 Å². The van der Waals surface area contributed by atoms with Gasteiger partial charge in [-0.05, 0) is 42.9 Å². The molecule has 0 bridgehead atoms. The summed E-state index contributed by atoms with van der Waals surface area (Å²) >= 11 is 5.67. The van der Waals surface area contributed by atoms with Crippen LogP contribution in [0.2, 0.25) is 0 Å². The van der Waals surface area contributed by atoms with Gasteiger partial charge in [-0.3, -0.25) is 9.69 Å². The quantitative estimate of drug-likeness (QED) is 0.419. The van der Waals surface area contributed by atoms with Crippen LogP contribution in [0.25, 0.3) is 10.9 Å². The molecule has 0 atom stereocenters. The fourth-order valence-electron chi connectivity index (χ4n) is 3.54. The summed E-state index contributed by atoms with van der Waals surface area (Å²) in [7, 11) is 3.32. The molecule has 2 N–H and O–H groups in total. The van der Waals surface area contributed by atoms with Crippen molar-refractivity contribution in [2.75, 3.05) is 66.8 Å². The Kier molecular flexibility index (Phi) is 9.08. The number of benzene rings is 1. The van der Waals surface area contributed by atoms with Gasteiger partial charge >= 0.3 is 0 Å². The Morgan fingerprint density at radius 1 is 1.29 bits per heavy atom. The number of pyridine rings is 1. The first-order valence-corrected chi connectivity index (χ1v) is 11.0. The molecule has 9 heteroatoms. The number of fused-ring (bicyclic) bond motifs is 1. The van der Waals surface area contributed by atoms with Crippen molar-refractivity contribution in [1.29, 1.82) is 0 Å². The molecule has 1 aromatic heterocycles. The standard InChI is InChI=1S/C22H32N4O4S/c1-28-11-3-6-23-22(31)26(8-7-25-9-12-30-13-10-25)16-18-14-17-15-19(29-2)4-5-20(17)24-21(18)27/h4-5,14-15H,3,6-13,16H2,1-2H3,(H,23,31)(H,24,27). The second-order valence-electron chi connectivity index (χ2n) is 7.53. The Morgan fingerprint density at radius 2 is 2.10 bits per heavy atom. The van der Waals surface area contributed by atoms with Gasteiger partial charge < -0.3 is 29.4 Å². The molecule has 2 aromatic rings. The van der Waals surface area contributed by atoms with Gasteiger partial charge in [-0.2, -0.15) is 0 Å². The van der Waals surface area contributed by atoms with Crippen molar-refractivity contribution in [3.8, 4) is 5.75 Å². The summed E-state index contributed by atoms with van der Waals surface area (Å²) in [6, 6.07) is 7.54. The van der Waals surface area contributed by atoms with Crippen molar-refractivity contribution >= 4 is 28.2 Å². The van der Waals surface area contributed by atoms with E-state index in [2.05, 4.69) is 20.1 Å². The zero-order chi connectivity index (χ0) is 22.1. The number of ether oxygens (including phenoxy) is 3. The van der Waals surface area contributed by atoms with Crippen LogP contribution in [0.15, 0.2) is 29.1 Å². The number of hydrogen-bond acceptors (Lipinski definition) is 6. The molecule has 1 saturated heterocycles. The summed E-state index contributed by atoms with van der Waals surface area (Å²) < 4.78 is 15.9. The normalized spacial score (nSPS) is 14.5. The lowest BCUT2D eigenvalue weighted by Gasteiger charge is -2.31. The first-order chi connectivity index (χ1) is 15.1. The van der Waals surface area contributed by atoms with E-state index in [0.29, 0.717) is 23.8 Å². The van der Waals surface area contributed by atoms with Crippen LogP contribution in [-0.2, 0) is 16.0 Å². The number of H-pyrrole nitrogens is 1. The molecule has 0 aliphatic carbocycles. The number of nitrogens with one attached hydrogen (secondary N) is 2. The van der Waals surface area contributed by atoms with Crippen LogP contribution < -0.4 is 15.6 Å². The minimum atomic E-state index is -0.101. The largest absolute Gasteiger partial charge is 0.497 e. The fourth-order valence-corrected chi connectivity index (χ4v) is 3.80. The first kappa shape index (κ1) is 23.5. The summed E-state index contributed by atoms with van der Waals surface area (Å²) in [6.45, 7) is 6.77. The van der Waals surface area contributed by atoms with Gasteiger partial charge in [0, 0.05) is 62.9 Å². The fraction of sp³-hybridized carbons (Fsp3) is 0.545. The smallest absolute Gasteiger partial charge is 0.253 e. The summed E-state index contributed by atoms with van der Waals surface area (Å²) in [6.07, 6.45) is 0.865. The predicted octanol–water partition coefficient (Wildman–Crippen LogP) is 1.58. The van der Waals surface area contributed by atoms with Crippen LogP contribution in [0.5, 0.6) is 5.75 Å². The van der Waals surface area contributed by atoms with E-state index in [4.69, 9.17) is 26.4 Å². The highest BCUT2D eigenvalue weighted by atomic mass is 32.1. The molecule has 8 nitrogen and oxygen atoms in total. The summed E-state index contributed by atoms with van der Waals surface area (Å²) in [5.74, 6) is 0.755. The maximum Gasteiger partial charge on any atom is 0.253 e. The van der Waals surface area contributed by atoms with Gasteiger partial charge in [-0.15, -0.1) is 0 Å². The van der Waals surface area contributed by atoms with Gasteiger partial charge in [0.15, 0.2) is 5.11 Å². The van der Waals surface area contributed by atoms with Gasteiger partial charge in [0.2, 0.25) is 0 Å². The van der Waals surface area contributed by atoms with Crippen LogP contribution in [0.1, 0.15) is 12.0 Å². The summed E-state index contributed by atoms with van der Waals surface area (Å²) in [5.41, 5.74) is 1.36. The van der Waals surface area contributed by atoms with E-state index in [-0.39, 0.29) is 5.56 Å². The maximum atomic E-state index is 12.7. The second-order valence-corrected chi connectivity index (χ2v) is 7.92. The van der Waals surface area contributed by atoms with E-state index in [0.717, 1.165) is 69.0 Å². The van der Waals surface area contributed by atoms with Crippen LogP contribution in [0.3, 0.4) is 0 Å². The van der Waals surface area contributed by atoms with Crippen molar-refractivity contribution < 1.29 is 14.2 Å². The van der Waals surface area contributed by atoms with Crippen molar-refractivity contribution in [3.05, 3.63) is 40.2 Å². The molecule has 0 amide bonds. The van der Waals surface area contributed by atoms with E-state index in [1.165, 1.54) is 0 Å². The molecule has 2 heterocycles.